The summed E-state index contributed by atoms with van der Waals surface area (Å²) in [5, 5.41) is 2.14. The van der Waals surface area contributed by atoms with Crippen molar-refractivity contribution in [3.8, 4) is 5.75 Å². The quantitative estimate of drug-likeness (QED) is 0.608. The van der Waals surface area contributed by atoms with Crippen LogP contribution in [0, 0.1) is 6.92 Å². The van der Waals surface area contributed by atoms with Gasteiger partial charge in [-0.1, -0.05) is 36.4 Å². The minimum absolute atomic E-state index is 0. The van der Waals surface area contributed by atoms with E-state index in [0.717, 1.165) is 21.9 Å². The molecular formula is C20H16ClNO2. The fraction of sp³-hybridized carbons (Fsp3) is 0.100. The van der Waals surface area contributed by atoms with Crippen molar-refractivity contribution in [1.82, 2.24) is 4.98 Å². The number of carbonyl (C=O) groups excluding carboxylic acids is 1. The third-order valence-electron chi connectivity index (χ3n) is 4.15. The van der Waals surface area contributed by atoms with Crippen molar-refractivity contribution in [2.24, 2.45) is 0 Å². The number of carbonyl (C=O) groups is 1. The Morgan fingerprint density at radius 3 is 2.79 bits per heavy atom. The number of benzene rings is 2. The molecule has 0 aliphatic carbocycles. The van der Waals surface area contributed by atoms with Crippen molar-refractivity contribution in [3.05, 3.63) is 77.1 Å². The summed E-state index contributed by atoms with van der Waals surface area (Å²) in [6.45, 7) is 2.25. The van der Waals surface area contributed by atoms with Gasteiger partial charge in [0.2, 0.25) is 0 Å². The first-order chi connectivity index (χ1) is 11.2. The van der Waals surface area contributed by atoms with E-state index in [1.807, 2.05) is 61.7 Å². The summed E-state index contributed by atoms with van der Waals surface area (Å²) < 4.78 is 5.81. The summed E-state index contributed by atoms with van der Waals surface area (Å²) in [6, 6.07) is 13.7. The number of para-hydroxylation sites is 1. The number of aromatic nitrogens is 1. The van der Waals surface area contributed by atoms with Crippen LogP contribution >= 0.6 is 12.4 Å². The SMILES string of the molecule is Cc1cccc2c1OC/C(=C/c1cncc3ccccc13)C2=O.Cl. The van der Waals surface area contributed by atoms with Crippen LogP contribution in [-0.4, -0.2) is 17.4 Å². The van der Waals surface area contributed by atoms with Crippen LogP contribution in [0.25, 0.3) is 16.8 Å². The van der Waals surface area contributed by atoms with Gasteiger partial charge in [-0.3, -0.25) is 9.78 Å². The summed E-state index contributed by atoms with van der Waals surface area (Å²) in [7, 11) is 0. The van der Waals surface area contributed by atoms with Gasteiger partial charge in [-0.2, -0.15) is 0 Å². The fourth-order valence-corrected chi connectivity index (χ4v) is 2.96. The van der Waals surface area contributed by atoms with Gasteiger partial charge < -0.3 is 4.74 Å². The molecule has 0 saturated carbocycles. The molecule has 0 saturated heterocycles. The Morgan fingerprint density at radius 1 is 1.08 bits per heavy atom. The molecule has 3 nitrogen and oxygen atoms in total. The third kappa shape index (κ3) is 2.68. The molecule has 4 heteroatoms. The number of ketones is 1. The Morgan fingerprint density at radius 2 is 1.92 bits per heavy atom. The van der Waals surface area contributed by atoms with Gasteiger partial charge in [-0.15, -0.1) is 12.4 Å². The second kappa shape index (κ2) is 6.46. The van der Waals surface area contributed by atoms with Gasteiger partial charge >= 0.3 is 0 Å². The second-order valence-corrected chi connectivity index (χ2v) is 5.69. The van der Waals surface area contributed by atoms with Gasteiger partial charge in [-0.05, 0) is 30.0 Å². The number of Topliss-reactive ketones (excluding diaryl/α,β-unsaturated/α-hetero) is 1. The number of rotatable bonds is 1. The number of ether oxygens (including phenoxy) is 1. The van der Waals surface area contributed by atoms with E-state index in [9.17, 15) is 4.79 Å². The zero-order chi connectivity index (χ0) is 15.8. The molecule has 0 radical (unpaired) electrons. The van der Waals surface area contributed by atoms with E-state index in [4.69, 9.17) is 4.74 Å². The van der Waals surface area contributed by atoms with E-state index in [-0.39, 0.29) is 18.2 Å². The van der Waals surface area contributed by atoms with Crippen molar-refractivity contribution in [3.63, 3.8) is 0 Å². The van der Waals surface area contributed by atoms with Crippen molar-refractivity contribution in [1.29, 1.82) is 0 Å². The Labute approximate surface area is 146 Å². The molecule has 0 spiro atoms. The Hall–Kier alpha value is -2.65. The number of pyridine rings is 1. The molecule has 4 rings (SSSR count). The summed E-state index contributed by atoms with van der Waals surface area (Å²) in [4.78, 5) is 17.0. The van der Waals surface area contributed by atoms with Crippen LogP contribution in [0.1, 0.15) is 21.5 Å². The molecule has 1 aromatic heterocycles. The van der Waals surface area contributed by atoms with Gasteiger partial charge in [0.1, 0.15) is 12.4 Å². The summed E-state index contributed by atoms with van der Waals surface area (Å²) in [5.74, 6) is 0.730. The van der Waals surface area contributed by atoms with Crippen molar-refractivity contribution < 1.29 is 9.53 Å². The first kappa shape index (κ1) is 16.2. The number of hydrogen-bond acceptors (Lipinski definition) is 3. The normalized spacial score (nSPS) is 14.9. The molecule has 24 heavy (non-hydrogen) atoms. The highest BCUT2D eigenvalue weighted by atomic mass is 35.5. The Balaban J connectivity index is 0.00000169. The average molecular weight is 338 g/mol. The molecule has 0 amide bonds. The largest absolute Gasteiger partial charge is 0.488 e. The minimum Gasteiger partial charge on any atom is -0.488 e. The maximum Gasteiger partial charge on any atom is 0.196 e. The smallest absolute Gasteiger partial charge is 0.196 e. The van der Waals surface area contributed by atoms with E-state index in [1.165, 1.54) is 0 Å². The van der Waals surface area contributed by atoms with Crippen molar-refractivity contribution in [2.45, 2.75) is 6.92 Å². The predicted molar refractivity (Wildman–Crippen MR) is 98.0 cm³/mol. The highest BCUT2D eigenvalue weighted by molar-refractivity contribution is 6.14. The van der Waals surface area contributed by atoms with Crippen molar-refractivity contribution in [2.75, 3.05) is 6.61 Å². The van der Waals surface area contributed by atoms with Crippen molar-refractivity contribution >= 4 is 35.0 Å². The summed E-state index contributed by atoms with van der Waals surface area (Å²) in [6.07, 6.45) is 5.51. The predicted octanol–water partition coefficient (Wildman–Crippen LogP) is 4.62. The molecule has 0 atom stereocenters. The highest BCUT2D eigenvalue weighted by Gasteiger charge is 2.24. The minimum atomic E-state index is 0. The zero-order valence-corrected chi connectivity index (χ0v) is 14.0. The van der Waals surface area contributed by atoms with Crippen LogP contribution in [0.15, 0.2) is 60.4 Å². The van der Waals surface area contributed by atoms with Crippen LogP contribution in [-0.2, 0) is 0 Å². The maximum atomic E-state index is 12.7. The van der Waals surface area contributed by atoms with E-state index in [2.05, 4.69) is 4.98 Å². The summed E-state index contributed by atoms with van der Waals surface area (Å²) >= 11 is 0. The van der Waals surface area contributed by atoms with Crippen LogP contribution < -0.4 is 4.74 Å². The zero-order valence-electron chi connectivity index (χ0n) is 13.2. The van der Waals surface area contributed by atoms with Gasteiger partial charge in [0, 0.05) is 28.9 Å². The molecular weight excluding hydrogens is 322 g/mol. The lowest BCUT2D eigenvalue weighted by Crippen LogP contribution is -2.19. The van der Waals surface area contributed by atoms with Gasteiger partial charge in [-0.25, -0.2) is 0 Å². The molecule has 1 aliphatic rings. The lowest BCUT2D eigenvalue weighted by molar-refractivity contribution is 0.100. The molecule has 0 bridgehead atoms. The van der Waals surface area contributed by atoms with E-state index in [1.54, 1.807) is 6.20 Å². The third-order valence-corrected chi connectivity index (χ3v) is 4.15. The lowest BCUT2D eigenvalue weighted by Gasteiger charge is -2.20. The molecule has 120 valence electrons. The number of aryl methyl sites for hydroxylation is 1. The van der Waals surface area contributed by atoms with Crippen LogP contribution in [0.3, 0.4) is 0 Å². The Kier molecular flexibility index (Phi) is 4.36. The average Bonchev–Trinajstić information content (AvgIpc) is 2.58. The number of halogens is 1. The van der Waals surface area contributed by atoms with Crippen LogP contribution in [0.5, 0.6) is 5.75 Å². The Bertz CT molecular complexity index is 958. The number of hydrogen-bond donors (Lipinski definition) is 0. The van der Waals surface area contributed by atoms with E-state index in [0.29, 0.717) is 23.5 Å². The highest BCUT2D eigenvalue weighted by Crippen LogP contribution is 2.31. The topological polar surface area (TPSA) is 39.2 Å². The first-order valence-electron chi connectivity index (χ1n) is 7.54. The molecule has 2 heterocycles. The summed E-state index contributed by atoms with van der Waals surface area (Å²) in [5.41, 5.74) is 3.21. The second-order valence-electron chi connectivity index (χ2n) is 5.69. The number of fused-ring (bicyclic) bond motifs is 2. The monoisotopic (exact) mass is 337 g/mol. The standard InChI is InChI=1S/C20H15NO2.ClH/c1-13-5-4-8-18-19(22)16(12-23-20(13)18)9-15-11-21-10-14-6-2-3-7-17(14)15;/h2-11H,12H2,1H3;1H/b16-9-;. The maximum absolute atomic E-state index is 12.7. The first-order valence-corrected chi connectivity index (χ1v) is 7.54. The van der Waals surface area contributed by atoms with E-state index < -0.39 is 0 Å². The van der Waals surface area contributed by atoms with Crippen LogP contribution in [0.2, 0.25) is 0 Å². The molecule has 2 aromatic carbocycles. The molecule has 0 fully saturated rings. The fourth-order valence-electron chi connectivity index (χ4n) is 2.96. The molecule has 3 aromatic rings. The number of nitrogens with zero attached hydrogens (tertiary/aromatic N) is 1. The lowest BCUT2D eigenvalue weighted by atomic mass is 9.96. The van der Waals surface area contributed by atoms with Gasteiger partial charge in [0.25, 0.3) is 0 Å². The van der Waals surface area contributed by atoms with Gasteiger partial charge in [0.05, 0.1) is 5.56 Å². The van der Waals surface area contributed by atoms with E-state index >= 15 is 0 Å². The molecule has 1 aliphatic heterocycles. The van der Waals surface area contributed by atoms with Gasteiger partial charge in [0.15, 0.2) is 5.78 Å². The van der Waals surface area contributed by atoms with Crippen LogP contribution in [0.4, 0.5) is 0 Å². The molecule has 0 unspecified atom stereocenters. The molecule has 0 N–H and O–H groups in total.